The van der Waals surface area contributed by atoms with E-state index in [4.69, 9.17) is 0 Å². The van der Waals surface area contributed by atoms with Gasteiger partial charge in [-0.05, 0) is 42.3 Å². The number of carbonyl (C=O) groups is 2. The molecular weight excluding hydrogens is 423 g/mol. The average Bonchev–Trinajstić information content (AvgIpc) is 2.82. The zero-order chi connectivity index (χ0) is 22.8. The van der Waals surface area contributed by atoms with Crippen LogP contribution in [0.5, 0.6) is 0 Å². The highest BCUT2D eigenvalue weighted by atomic mass is 32.2. The Labute approximate surface area is 192 Å². The summed E-state index contributed by atoms with van der Waals surface area (Å²) in [6, 6.07) is 24.7. The third-order valence-electron chi connectivity index (χ3n) is 4.99. The van der Waals surface area contributed by atoms with E-state index in [9.17, 15) is 14.0 Å². The molecule has 0 radical (unpaired) electrons. The lowest BCUT2D eigenvalue weighted by molar-refractivity contribution is -0.139. The molecule has 2 amide bonds. The Balaban J connectivity index is 1.87. The zero-order valence-electron chi connectivity index (χ0n) is 18.0. The topological polar surface area (TPSA) is 49.4 Å². The molecule has 0 heterocycles. The van der Waals surface area contributed by atoms with Crippen molar-refractivity contribution in [2.45, 2.75) is 30.8 Å². The van der Waals surface area contributed by atoms with E-state index in [-0.39, 0.29) is 29.9 Å². The van der Waals surface area contributed by atoms with E-state index < -0.39 is 6.04 Å². The first-order valence-electron chi connectivity index (χ1n) is 10.6. The molecule has 166 valence electrons. The molecule has 0 saturated heterocycles. The number of likely N-dealkylation sites (N-methyl/N-ethyl adjacent to an activating group) is 1. The van der Waals surface area contributed by atoms with Crippen molar-refractivity contribution in [3.63, 3.8) is 0 Å². The molecule has 3 aromatic carbocycles. The number of hydrogen-bond acceptors (Lipinski definition) is 3. The lowest BCUT2D eigenvalue weighted by Crippen LogP contribution is -2.51. The monoisotopic (exact) mass is 450 g/mol. The van der Waals surface area contributed by atoms with Crippen LogP contribution in [0.25, 0.3) is 0 Å². The molecule has 4 nitrogen and oxygen atoms in total. The van der Waals surface area contributed by atoms with Crippen LogP contribution in [0, 0.1) is 5.82 Å². The Kier molecular flexibility index (Phi) is 8.87. The van der Waals surface area contributed by atoms with Gasteiger partial charge >= 0.3 is 0 Å². The molecule has 1 N–H and O–H groups in total. The van der Waals surface area contributed by atoms with Gasteiger partial charge in [-0.3, -0.25) is 9.59 Å². The van der Waals surface area contributed by atoms with Crippen LogP contribution >= 0.6 is 11.8 Å². The van der Waals surface area contributed by atoms with Gasteiger partial charge in [0.25, 0.3) is 0 Å². The number of halogens is 1. The van der Waals surface area contributed by atoms with Crippen molar-refractivity contribution in [2.24, 2.45) is 0 Å². The molecule has 3 aromatic rings. The standard InChI is InChI=1S/C26H27FN2O2S/c1-2-28-26(31)24(17-20-9-5-3-6-10-20)29(18-21-13-15-22(27)16-14-21)25(30)19-32-23-11-7-4-8-12-23/h3-16,24H,2,17-19H2,1H3,(H,28,31)/t24-/m1/s1. The van der Waals surface area contributed by atoms with Gasteiger partial charge in [-0.1, -0.05) is 60.7 Å². The predicted octanol–water partition coefficient (Wildman–Crippen LogP) is 4.69. The van der Waals surface area contributed by atoms with Crippen molar-refractivity contribution in [1.82, 2.24) is 10.2 Å². The van der Waals surface area contributed by atoms with Gasteiger partial charge in [0.05, 0.1) is 5.75 Å². The summed E-state index contributed by atoms with van der Waals surface area (Å²) in [5.74, 6) is -0.474. The Morgan fingerprint density at radius 1 is 0.906 bits per heavy atom. The van der Waals surface area contributed by atoms with E-state index >= 15 is 0 Å². The van der Waals surface area contributed by atoms with Crippen molar-refractivity contribution in [2.75, 3.05) is 12.3 Å². The molecule has 3 rings (SSSR count). The highest BCUT2D eigenvalue weighted by Gasteiger charge is 2.30. The van der Waals surface area contributed by atoms with Gasteiger partial charge in [0.15, 0.2) is 0 Å². The number of hydrogen-bond donors (Lipinski definition) is 1. The van der Waals surface area contributed by atoms with Crippen LogP contribution in [-0.4, -0.2) is 35.1 Å². The zero-order valence-corrected chi connectivity index (χ0v) is 18.9. The largest absolute Gasteiger partial charge is 0.355 e. The summed E-state index contributed by atoms with van der Waals surface area (Å²) in [6.45, 7) is 2.55. The quantitative estimate of drug-likeness (QED) is 0.456. The first-order chi connectivity index (χ1) is 15.6. The Hall–Kier alpha value is -3.12. The molecular formula is C26H27FN2O2S. The number of amides is 2. The van der Waals surface area contributed by atoms with Crippen molar-refractivity contribution >= 4 is 23.6 Å². The fraction of sp³-hybridized carbons (Fsp3) is 0.231. The minimum absolute atomic E-state index is 0.143. The van der Waals surface area contributed by atoms with E-state index in [1.54, 1.807) is 17.0 Å². The maximum atomic E-state index is 13.4. The van der Waals surface area contributed by atoms with E-state index in [2.05, 4.69) is 5.32 Å². The summed E-state index contributed by atoms with van der Waals surface area (Å²) in [4.78, 5) is 29.0. The van der Waals surface area contributed by atoms with Gasteiger partial charge in [0.2, 0.25) is 11.8 Å². The van der Waals surface area contributed by atoms with Crippen LogP contribution < -0.4 is 5.32 Å². The highest BCUT2D eigenvalue weighted by Crippen LogP contribution is 2.21. The van der Waals surface area contributed by atoms with Crippen molar-refractivity contribution in [3.8, 4) is 0 Å². The third kappa shape index (κ3) is 6.95. The van der Waals surface area contributed by atoms with Crippen LogP contribution in [0.4, 0.5) is 4.39 Å². The Bertz CT molecular complexity index is 997. The molecule has 0 aliphatic heterocycles. The van der Waals surface area contributed by atoms with E-state index in [1.807, 2.05) is 67.6 Å². The Morgan fingerprint density at radius 2 is 1.53 bits per heavy atom. The Morgan fingerprint density at radius 3 is 2.16 bits per heavy atom. The molecule has 0 bridgehead atoms. The maximum absolute atomic E-state index is 13.4. The number of rotatable bonds is 10. The molecule has 0 aromatic heterocycles. The summed E-state index contributed by atoms with van der Waals surface area (Å²) in [5, 5.41) is 2.87. The molecule has 0 spiro atoms. The van der Waals surface area contributed by atoms with Crippen LogP contribution in [0.2, 0.25) is 0 Å². The van der Waals surface area contributed by atoms with Gasteiger partial charge in [-0.15, -0.1) is 11.8 Å². The first-order valence-corrected chi connectivity index (χ1v) is 11.6. The van der Waals surface area contributed by atoms with Crippen LogP contribution in [0.1, 0.15) is 18.1 Å². The van der Waals surface area contributed by atoms with Gasteiger partial charge in [0, 0.05) is 24.4 Å². The molecule has 6 heteroatoms. The van der Waals surface area contributed by atoms with Gasteiger partial charge in [-0.25, -0.2) is 4.39 Å². The number of nitrogens with one attached hydrogen (secondary N) is 1. The van der Waals surface area contributed by atoms with Gasteiger partial charge in [0.1, 0.15) is 11.9 Å². The molecule has 0 saturated carbocycles. The second kappa shape index (κ2) is 12.1. The number of carbonyl (C=O) groups excluding carboxylic acids is 2. The number of nitrogens with zero attached hydrogens (tertiary/aromatic N) is 1. The minimum Gasteiger partial charge on any atom is -0.355 e. The van der Waals surface area contributed by atoms with Crippen LogP contribution in [-0.2, 0) is 22.6 Å². The van der Waals surface area contributed by atoms with E-state index in [0.717, 1.165) is 16.0 Å². The molecule has 0 fully saturated rings. The van der Waals surface area contributed by atoms with Gasteiger partial charge < -0.3 is 10.2 Å². The number of benzene rings is 3. The lowest BCUT2D eigenvalue weighted by Gasteiger charge is -2.31. The summed E-state index contributed by atoms with van der Waals surface area (Å²) in [6.07, 6.45) is 0.398. The van der Waals surface area contributed by atoms with E-state index in [0.29, 0.717) is 13.0 Å². The van der Waals surface area contributed by atoms with Crippen molar-refractivity contribution in [1.29, 1.82) is 0 Å². The molecule has 1 atom stereocenters. The number of thioether (sulfide) groups is 1. The normalized spacial score (nSPS) is 11.6. The van der Waals surface area contributed by atoms with E-state index in [1.165, 1.54) is 23.9 Å². The predicted molar refractivity (Wildman–Crippen MR) is 127 cm³/mol. The summed E-state index contributed by atoms with van der Waals surface area (Å²) in [5.41, 5.74) is 1.74. The molecule has 0 unspecified atom stereocenters. The van der Waals surface area contributed by atoms with Crippen molar-refractivity contribution in [3.05, 3.63) is 102 Å². The molecule has 32 heavy (non-hydrogen) atoms. The van der Waals surface area contributed by atoms with Crippen LogP contribution in [0.15, 0.2) is 89.8 Å². The summed E-state index contributed by atoms with van der Waals surface area (Å²) in [7, 11) is 0. The third-order valence-corrected chi connectivity index (χ3v) is 5.99. The van der Waals surface area contributed by atoms with Crippen LogP contribution in [0.3, 0.4) is 0 Å². The van der Waals surface area contributed by atoms with Gasteiger partial charge in [-0.2, -0.15) is 0 Å². The smallest absolute Gasteiger partial charge is 0.243 e. The summed E-state index contributed by atoms with van der Waals surface area (Å²) >= 11 is 1.44. The molecule has 0 aliphatic carbocycles. The first kappa shape index (κ1) is 23.5. The van der Waals surface area contributed by atoms with Crippen molar-refractivity contribution < 1.29 is 14.0 Å². The fourth-order valence-corrected chi connectivity index (χ4v) is 4.18. The second-order valence-corrected chi connectivity index (χ2v) is 8.40. The fourth-order valence-electron chi connectivity index (χ4n) is 3.38. The maximum Gasteiger partial charge on any atom is 0.243 e. The highest BCUT2D eigenvalue weighted by molar-refractivity contribution is 8.00. The molecule has 0 aliphatic rings. The SMILES string of the molecule is CCNC(=O)[C@@H](Cc1ccccc1)N(Cc1ccc(F)cc1)C(=O)CSc1ccccc1. The average molecular weight is 451 g/mol. The summed E-state index contributed by atoms with van der Waals surface area (Å²) < 4.78 is 13.4. The second-order valence-electron chi connectivity index (χ2n) is 7.35. The minimum atomic E-state index is -0.675. The lowest BCUT2D eigenvalue weighted by atomic mass is 10.0.